The largest absolute Gasteiger partial charge is 0.481 e. The highest BCUT2D eigenvalue weighted by Gasteiger charge is 2.38. The molecule has 3 atom stereocenters. The van der Waals surface area contributed by atoms with Crippen LogP contribution in [-0.4, -0.2) is 35.0 Å². The van der Waals surface area contributed by atoms with E-state index in [0.29, 0.717) is 12.3 Å². The Labute approximate surface area is 108 Å². The Hall–Kier alpha value is -1.06. The SMILES string of the molecule is CC1CCCN(C(=O)C2CCCCC2C(=O)O)C1. The number of nitrogens with zero attached hydrogens (tertiary/aromatic N) is 1. The van der Waals surface area contributed by atoms with Gasteiger partial charge >= 0.3 is 5.97 Å². The summed E-state index contributed by atoms with van der Waals surface area (Å²) in [6.07, 6.45) is 5.57. The smallest absolute Gasteiger partial charge is 0.307 e. The van der Waals surface area contributed by atoms with Crippen molar-refractivity contribution >= 4 is 11.9 Å². The summed E-state index contributed by atoms with van der Waals surface area (Å²) in [4.78, 5) is 25.6. The average Bonchev–Trinajstić information content (AvgIpc) is 2.38. The molecule has 2 aliphatic rings. The molecular formula is C14H23NO3. The molecule has 3 unspecified atom stereocenters. The van der Waals surface area contributed by atoms with Gasteiger partial charge in [-0.1, -0.05) is 19.8 Å². The highest BCUT2D eigenvalue weighted by molar-refractivity contribution is 5.85. The second-order valence-electron chi connectivity index (χ2n) is 5.87. The summed E-state index contributed by atoms with van der Waals surface area (Å²) >= 11 is 0. The van der Waals surface area contributed by atoms with Gasteiger partial charge < -0.3 is 10.0 Å². The van der Waals surface area contributed by atoms with Crippen LogP contribution in [0.1, 0.15) is 45.4 Å². The minimum Gasteiger partial charge on any atom is -0.481 e. The van der Waals surface area contributed by atoms with Crippen LogP contribution in [0.15, 0.2) is 0 Å². The quantitative estimate of drug-likeness (QED) is 0.820. The van der Waals surface area contributed by atoms with Gasteiger partial charge in [-0.3, -0.25) is 9.59 Å². The maximum absolute atomic E-state index is 12.5. The third kappa shape index (κ3) is 2.85. The molecule has 2 fully saturated rings. The number of amides is 1. The van der Waals surface area contributed by atoms with Crippen LogP contribution >= 0.6 is 0 Å². The summed E-state index contributed by atoms with van der Waals surface area (Å²) in [5.74, 6) is -0.883. The van der Waals surface area contributed by atoms with Crippen LogP contribution in [0.25, 0.3) is 0 Å². The molecule has 2 rings (SSSR count). The predicted octanol–water partition coefficient (Wildman–Crippen LogP) is 2.14. The van der Waals surface area contributed by atoms with Crippen LogP contribution in [0.5, 0.6) is 0 Å². The molecule has 0 bridgehead atoms. The van der Waals surface area contributed by atoms with Crippen LogP contribution in [0.3, 0.4) is 0 Å². The summed E-state index contributed by atoms with van der Waals surface area (Å²) in [6, 6.07) is 0. The van der Waals surface area contributed by atoms with Crippen LogP contribution < -0.4 is 0 Å². The van der Waals surface area contributed by atoms with E-state index < -0.39 is 11.9 Å². The number of hydrogen-bond acceptors (Lipinski definition) is 2. The first kappa shape index (κ1) is 13.4. The third-order valence-electron chi connectivity index (χ3n) is 4.37. The van der Waals surface area contributed by atoms with Crippen molar-refractivity contribution in [3.05, 3.63) is 0 Å². The molecule has 0 spiro atoms. The van der Waals surface area contributed by atoms with Crippen molar-refractivity contribution in [1.29, 1.82) is 0 Å². The summed E-state index contributed by atoms with van der Waals surface area (Å²) in [5.41, 5.74) is 0. The van der Waals surface area contributed by atoms with E-state index in [0.717, 1.165) is 38.8 Å². The van der Waals surface area contributed by atoms with E-state index in [9.17, 15) is 14.7 Å². The Morgan fingerprint density at radius 3 is 2.33 bits per heavy atom. The Morgan fingerprint density at radius 2 is 1.72 bits per heavy atom. The molecule has 1 aliphatic carbocycles. The van der Waals surface area contributed by atoms with E-state index in [4.69, 9.17) is 0 Å². The lowest BCUT2D eigenvalue weighted by Gasteiger charge is -2.36. The van der Waals surface area contributed by atoms with Gasteiger partial charge in [0.1, 0.15) is 0 Å². The van der Waals surface area contributed by atoms with Gasteiger partial charge in [0.25, 0.3) is 0 Å². The van der Waals surface area contributed by atoms with Crippen LogP contribution in [0, 0.1) is 17.8 Å². The number of rotatable bonds is 2. The fraction of sp³-hybridized carbons (Fsp3) is 0.857. The van der Waals surface area contributed by atoms with E-state index in [-0.39, 0.29) is 11.8 Å². The minimum atomic E-state index is -0.793. The van der Waals surface area contributed by atoms with Crippen molar-refractivity contribution in [3.63, 3.8) is 0 Å². The zero-order valence-corrected chi connectivity index (χ0v) is 11.1. The number of piperidine rings is 1. The molecule has 1 saturated heterocycles. The molecule has 4 heteroatoms. The number of aliphatic carboxylic acids is 1. The summed E-state index contributed by atoms with van der Waals surface area (Å²) in [6.45, 7) is 3.78. The minimum absolute atomic E-state index is 0.0913. The van der Waals surface area contributed by atoms with E-state index >= 15 is 0 Å². The lowest BCUT2D eigenvalue weighted by molar-refractivity contribution is -0.153. The highest BCUT2D eigenvalue weighted by Crippen LogP contribution is 2.32. The average molecular weight is 253 g/mol. The maximum Gasteiger partial charge on any atom is 0.307 e. The van der Waals surface area contributed by atoms with Crippen molar-refractivity contribution in [2.24, 2.45) is 17.8 Å². The fourth-order valence-corrected chi connectivity index (χ4v) is 3.35. The lowest BCUT2D eigenvalue weighted by atomic mass is 9.78. The van der Waals surface area contributed by atoms with Crippen LogP contribution in [-0.2, 0) is 9.59 Å². The number of carboxylic acids is 1. The standard InChI is InChI=1S/C14H23NO3/c1-10-5-4-8-15(9-10)13(16)11-6-2-3-7-12(11)14(17)18/h10-12H,2-9H2,1H3,(H,17,18). The molecule has 1 aliphatic heterocycles. The van der Waals surface area contributed by atoms with Gasteiger partial charge in [0.05, 0.1) is 11.8 Å². The molecule has 1 N–H and O–H groups in total. The number of carbonyl (C=O) groups is 2. The Kier molecular flexibility index (Phi) is 4.25. The van der Waals surface area contributed by atoms with Crippen molar-refractivity contribution in [3.8, 4) is 0 Å². The maximum atomic E-state index is 12.5. The van der Waals surface area contributed by atoms with Gasteiger partial charge in [0, 0.05) is 13.1 Å². The van der Waals surface area contributed by atoms with Crippen molar-refractivity contribution in [1.82, 2.24) is 4.90 Å². The molecule has 1 heterocycles. The first-order valence-corrected chi connectivity index (χ1v) is 7.11. The molecule has 0 radical (unpaired) electrons. The van der Waals surface area contributed by atoms with Crippen molar-refractivity contribution in [2.45, 2.75) is 45.4 Å². The number of carbonyl (C=O) groups excluding carboxylic acids is 1. The van der Waals surface area contributed by atoms with Gasteiger partial charge in [-0.25, -0.2) is 0 Å². The van der Waals surface area contributed by atoms with Gasteiger partial charge in [-0.05, 0) is 31.6 Å². The van der Waals surface area contributed by atoms with E-state index in [1.54, 1.807) is 0 Å². The van der Waals surface area contributed by atoms with Gasteiger partial charge in [-0.2, -0.15) is 0 Å². The first-order chi connectivity index (χ1) is 8.59. The van der Waals surface area contributed by atoms with E-state index in [2.05, 4.69) is 6.92 Å². The summed E-state index contributed by atoms with van der Waals surface area (Å²) < 4.78 is 0. The zero-order valence-electron chi connectivity index (χ0n) is 11.1. The fourth-order valence-electron chi connectivity index (χ4n) is 3.35. The van der Waals surface area contributed by atoms with Crippen LogP contribution in [0.4, 0.5) is 0 Å². The van der Waals surface area contributed by atoms with Crippen LogP contribution in [0.2, 0.25) is 0 Å². The molecule has 0 aromatic carbocycles. The number of hydrogen-bond donors (Lipinski definition) is 1. The molecule has 102 valence electrons. The summed E-state index contributed by atoms with van der Waals surface area (Å²) in [7, 11) is 0. The Balaban J connectivity index is 2.03. The number of likely N-dealkylation sites (tertiary alicyclic amines) is 1. The monoisotopic (exact) mass is 253 g/mol. The van der Waals surface area contributed by atoms with E-state index in [1.807, 2.05) is 4.90 Å². The molecule has 1 saturated carbocycles. The molecule has 0 aromatic rings. The van der Waals surface area contributed by atoms with E-state index in [1.165, 1.54) is 6.42 Å². The number of carboxylic acid groups (broad SMARTS) is 1. The lowest BCUT2D eigenvalue weighted by Crippen LogP contribution is -2.46. The van der Waals surface area contributed by atoms with Gasteiger partial charge in [0.2, 0.25) is 5.91 Å². The van der Waals surface area contributed by atoms with Gasteiger partial charge in [0.15, 0.2) is 0 Å². The summed E-state index contributed by atoms with van der Waals surface area (Å²) in [5, 5.41) is 9.24. The third-order valence-corrected chi connectivity index (χ3v) is 4.37. The second-order valence-corrected chi connectivity index (χ2v) is 5.87. The topological polar surface area (TPSA) is 57.6 Å². The van der Waals surface area contributed by atoms with Gasteiger partial charge in [-0.15, -0.1) is 0 Å². The molecular weight excluding hydrogens is 230 g/mol. The highest BCUT2D eigenvalue weighted by atomic mass is 16.4. The zero-order chi connectivity index (χ0) is 13.1. The predicted molar refractivity (Wildman–Crippen MR) is 68.1 cm³/mol. The van der Waals surface area contributed by atoms with Crippen molar-refractivity contribution in [2.75, 3.05) is 13.1 Å². The normalized spacial score (nSPS) is 33.2. The molecule has 4 nitrogen and oxygen atoms in total. The molecule has 18 heavy (non-hydrogen) atoms. The Morgan fingerprint density at radius 1 is 1.06 bits per heavy atom. The molecule has 1 amide bonds. The first-order valence-electron chi connectivity index (χ1n) is 7.11. The molecule has 0 aromatic heterocycles. The Bertz CT molecular complexity index is 329. The second kappa shape index (κ2) is 5.72. The van der Waals surface area contributed by atoms with Crippen molar-refractivity contribution < 1.29 is 14.7 Å².